The van der Waals surface area contributed by atoms with Gasteiger partial charge in [0.25, 0.3) is 0 Å². The maximum atomic E-state index is 5.31. The predicted octanol–water partition coefficient (Wildman–Crippen LogP) is 2.73. The van der Waals surface area contributed by atoms with E-state index in [-0.39, 0.29) is 0 Å². The largest absolute Gasteiger partial charge is 0.368 e. The van der Waals surface area contributed by atoms with Crippen LogP contribution in [0.3, 0.4) is 0 Å². The Balaban J connectivity index is 0. The van der Waals surface area contributed by atoms with Crippen LogP contribution in [0.2, 0.25) is 0 Å². The summed E-state index contributed by atoms with van der Waals surface area (Å²) in [5.41, 5.74) is 7.33. The van der Waals surface area contributed by atoms with Crippen molar-refractivity contribution in [2.24, 2.45) is 0 Å². The molecule has 1 heterocycles. The van der Waals surface area contributed by atoms with Gasteiger partial charge in [-0.3, -0.25) is 0 Å². The zero-order chi connectivity index (χ0) is 10.9. The third-order valence-corrected chi connectivity index (χ3v) is 1.24. The summed E-state index contributed by atoms with van der Waals surface area (Å²) in [4.78, 5) is 7.75. The Morgan fingerprint density at radius 3 is 1.85 bits per heavy atom. The molecule has 0 saturated carbocycles. The van der Waals surface area contributed by atoms with Crippen LogP contribution >= 0.6 is 0 Å². The molecule has 0 radical (unpaired) electrons. The quantitative estimate of drug-likeness (QED) is 0.672. The zero-order valence-corrected chi connectivity index (χ0v) is 9.55. The molecule has 0 aliphatic heterocycles. The molecule has 3 heteroatoms. The van der Waals surface area contributed by atoms with E-state index in [0.717, 1.165) is 11.3 Å². The number of aryl methyl sites for hydroxylation is 2. The van der Waals surface area contributed by atoms with Gasteiger partial charge in [0.05, 0.1) is 0 Å². The summed E-state index contributed by atoms with van der Waals surface area (Å²) in [6.07, 6.45) is 1.72. The Hall–Kier alpha value is -1.12. The number of rotatable bonds is 0. The van der Waals surface area contributed by atoms with E-state index < -0.39 is 0 Å². The maximum Gasteiger partial charge on any atom is 0.220 e. The van der Waals surface area contributed by atoms with E-state index in [0.29, 0.717) is 5.95 Å². The van der Waals surface area contributed by atoms with Crippen molar-refractivity contribution in [2.45, 2.75) is 41.5 Å². The van der Waals surface area contributed by atoms with Gasteiger partial charge in [0.2, 0.25) is 5.95 Å². The summed E-state index contributed by atoms with van der Waals surface area (Å²) >= 11 is 0. The molecule has 0 aromatic carbocycles. The summed E-state index contributed by atoms with van der Waals surface area (Å²) in [5.74, 6) is 0.345. The lowest BCUT2D eigenvalue weighted by molar-refractivity contribution is 1.08. The van der Waals surface area contributed by atoms with Crippen LogP contribution in [-0.2, 0) is 0 Å². The van der Waals surface area contributed by atoms with Crippen LogP contribution in [-0.4, -0.2) is 9.97 Å². The minimum absolute atomic E-state index is 0.345. The van der Waals surface area contributed by atoms with E-state index >= 15 is 0 Å². The Morgan fingerprint density at radius 2 is 1.54 bits per heavy atom. The molecule has 2 N–H and O–H groups in total. The van der Waals surface area contributed by atoms with Crippen LogP contribution in [0, 0.1) is 13.8 Å². The minimum atomic E-state index is 0.345. The average molecular weight is 183 g/mol. The normalized spacial score (nSPS) is 7.54. The van der Waals surface area contributed by atoms with Gasteiger partial charge in [-0.05, 0) is 19.4 Å². The molecule has 0 aliphatic rings. The monoisotopic (exact) mass is 183 g/mol. The SMILES string of the molecule is CC.CC.Cc1cnc(N)nc1C. The zero-order valence-electron chi connectivity index (χ0n) is 9.55. The highest BCUT2D eigenvalue weighted by molar-refractivity contribution is 5.22. The first-order valence-corrected chi connectivity index (χ1v) is 4.76. The molecule has 3 nitrogen and oxygen atoms in total. The molecule has 0 aliphatic carbocycles. The second kappa shape index (κ2) is 8.97. The second-order valence-electron chi connectivity index (χ2n) is 2.00. The Morgan fingerprint density at radius 1 is 1.08 bits per heavy atom. The fraction of sp³-hybridized carbons (Fsp3) is 0.600. The molecule has 0 amide bonds. The van der Waals surface area contributed by atoms with Crippen molar-refractivity contribution in [3.05, 3.63) is 17.5 Å². The molecule has 0 atom stereocenters. The van der Waals surface area contributed by atoms with Crippen molar-refractivity contribution in [1.82, 2.24) is 9.97 Å². The van der Waals surface area contributed by atoms with Crippen molar-refractivity contribution >= 4 is 5.95 Å². The van der Waals surface area contributed by atoms with Gasteiger partial charge < -0.3 is 5.73 Å². The van der Waals surface area contributed by atoms with Gasteiger partial charge in [-0.2, -0.15) is 0 Å². The van der Waals surface area contributed by atoms with E-state index in [9.17, 15) is 0 Å². The van der Waals surface area contributed by atoms with Gasteiger partial charge in [-0.1, -0.05) is 27.7 Å². The van der Waals surface area contributed by atoms with Crippen LogP contribution in [0.15, 0.2) is 6.20 Å². The van der Waals surface area contributed by atoms with E-state index in [2.05, 4.69) is 9.97 Å². The first-order valence-electron chi connectivity index (χ1n) is 4.76. The fourth-order valence-corrected chi connectivity index (χ4v) is 0.545. The minimum Gasteiger partial charge on any atom is -0.368 e. The van der Waals surface area contributed by atoms with Crippen molar-refractivity contribution in [2.75, 3.05) is 5.73 Å². The lowest BCUT2D eigenvalue weighted by Crippen LogP contribution is -1.97. The molecular weight excluding hydrogens is 162 g/mol. The van der Waals surface area contributed by atoms with Crippen molar-refractivity contribution in [3.8, 4) is 0 Å². The summed E-state index contributed by atoms with van der Waals surface area (Å²) in [6, 6.07) is 0. The molecule has 76 valence electrons. The van der Waals surface area contributed by atoms with E-state index in [4.69, 9.17) is 5.73 Å². The van der Waals surface area contributed by atoms with Crippen LogP contribution in [0.25, 0.3) is 0 Å². The van der Waals surface area contributed by atoms with Crippen LogP contribution < -0.4 is 5.73 Å². The average Bonchev–Trinajstić information content (AvgIpc) is 2.18. The first kappa shape index (κ1) is 14.4. The van der Waals surface area contributed by atoms with E-state index in [1.165, 1.54) is 0 Å². The van der Waals surface area contributed by atoms with E-state index in [1.807, 2.05) is 41.5 Å². The van der Waals surface area contributed by atoms with Crippen LogP contribution in [0.5, 0.6) is 0 Å². The first-order chi connectivity index (χ1) is 6.20. The third kappa shape index (κ3) is 6.08. The molecule has 0 saturated heterocycles. The highest BCUT2D eigenvalue weighted by Gasteiger charge is 1.92. The Labute approximate surface area is 81.4 Å². The lowest BCUT2D eigenvalue weighted by Gasteiger charge is -1.96. The second-order valence-corrected chi connectivity index (χ2v) is 2.00. The standard InChI is InChI=1S/C6H9N3.2C2H6/c1-4-3-8-6(7)9-5(4)2;2*1-2/h3H,1-2H3,(H2,7,8,9);2*1-2H3. The molecule has 0 spiro atoms. The predicted molar refractivity (Wildman–Crippen MR) is 58.6 cm³/mol. The van der Waals surface area contributed by atoms with Gasteiger partial charge >= 0.3 is 0 Å². The van der Waals surface area contributed by atoms with Crippen molar-refractivity contribution < 1.29 is 0 Å². The van der Waals surface area contributed by atoms with E-state index in [1.54, 1.807) is 6.20 Å². The van der Waals surface area contributed by atoms with Crippen LogP contribution in [0.1, 0.15) is 39.0 Å². The molecular formula is C10H21N3. The van der Waals surface area contributed by atoms with Gasteiger partial charge in [0.15, 0.2) is 0 Å². The number of nitrogens with two attached hydrogens (primary N) is 1. The number of anilines is 1. The van der Waals surface area contributed by atoms with Crippen molar-refractivity contribution in [3.63, 3.8) is 0 Å². The van der Waals surface area contributed by atoms with Crippen molar-refractivity contribution in [1.29, 1.82) is 0 Å². The fourth-order valence-electron chi connectivity index (χ4n) is 0.545. The molecule has 1 aromatic rings. The summed E-state index contributed by atoms with van der Waals surface area (Å²) < 4.78 is 0. The van der Waals surface area contributed by atoms with Gasteiger partial charge in [-0.15, -0.1) is 0 Å². The lowest BCUT2D eigenvalue weighted by atomic mass is 10.3. The number of nitrogens with zero attached hydrogens (tertiary/aromatic N) is 2. The van der Waals surface area contributed by atoms with Gasteiger partial charge in [0, 0.05) is 11.9 Å². The van der Waals surface area contributed by atoms with Gasteiger partial charge in [0.1, 0.15) is 0 Å². The van der Waals surface area contributed by atoms with Crippen LogP contribution in [0.4, 0.5) is 5.95 Å². The topological polar surface area (TPSA) is 51.8 Å². The molecule has 1 aromatic heterocycles. The number of hydrogen-bond donors (Lipinski definition) is 1. The summed E-state index contributed by atoms with van der Waals surface area (Å²) in [5, 5.41) is 0. The highest BCUT2D eigenvalue weighted by Crippen LogP contribution is 2.00. The number of nitrogen functional groups attached to an aromatic ring is 1. The highest BCUT2D eigenvalue weighted by atomic mass is 15.0. The molecule has 0 fully saturated rings. The van der Waals surface area contributed by atoms with Gasteiger partial charge in [-0.25, -0.2) is 9.97 Å². The Kier molecular flexibility index (Phi) is 9.94. The third-order valence-electron chi connectivity index (χ3n) is 1.24. The molecule has 0 unspecified atom stereocenters. The summed E-state index contributed by atoms with van der Waals surface area (Å²) in [7, 11) is 0. The number of hydrogen-bond acceptors (Lipinski definition) is 3. The maximum absolute atomic E-state index is 5.31. The molecule has 13 heavy (non-hydrogen) atoms. The number of aromatic nitrogens is 2. The summed E-state index contributed by atoms with van der Waals surface area (Å²) in [6.45, 7) is 11.9. The molecule has 1 rings (SSSR count). The Bertz CT molecular complexity index is 221. The smallest absolute Gasteiger partial charge is 0.220 e. The molecule has 0 bridgehead atoms.